The number of hydrogen-bond donors (Lipinski definition) is 0. The van der Waals surface area contributed by atoms with Crippen LogP contribution in [0.2, 0.25) is 5.02 Å². The average molecular weight is 299 g/mol. The minimum atomic E-state index is -5.17. The maximum Gasteiger partial charge on any atom is 0.418 e. The van der Waals surface area contributed by atoms with E-state index in [1.54, 1.807) is 0 Å². The molecule has 0 aliphatic rings. The topological polar surface area (TPSA) is 0 Å². The van der Waals surface area contributed by atoms with Gasteiger partial charge in [-0.25, -0.2) is 0 Å². The van der Waals surface area contributed by atoms with E-state index in [9.17, 15) is 26.3 Å². The zero-order chi connectivity index (χ0) is 14.4. The predicted octanol–water partition coefficient (Wildman–Crippen LogP) is 5.53. The van der Waals surface area contributed by atoms with Crippen molar-refractivity contribution in [1.82, 2.24) is 0 Å². The molecule has 0 amide bonds. The van der Waals surface area contributed by atoms with Crippen LogP contribution in [-0.2, 0) is 12.4 Å². The molecule has 0 unspecified atom stereocenters. The average Bonchev–Trinajstić information content (AvgIpc) is 2.24. The van der Waals surface area contributed by atoms with Crippen molar-refractivity contribution in [3.63, 3.8) is 0 Å². The summed E-state index contributed by atoms with van der Waals surface area (Å²) in [5, 5.41) is -1.47. The van der Waals surface area contributed by atoms with Gasteiger partial charge in [0.2, 0.25) is 0 Å². The van der Waals surface area contributed by atoms with Crippen LogP contribution in [0.4, 0.5) is 26.3 Å². The lowest BCUT2D eigenvalue weighted by molar-refractivity contribution is -0.161. The summed E-state index contributed by atoms with van der Waals surface area (Å²) in [6.45, 7) is 0. The molecule has 19 heavy (non-hydrogen) atoms. The van der Waals surface area contributed by atoms with Crippen molar-refractivity contribution in [3.8, 4) is 0 Å². The van der Waals surface area contributed by atoms with Crippen LogP contribution < -0.4 is 0 Å². The van der Waals surface area contributed by atoms with Crippen LogP contribution in [0.15, 0.2) is 30.3 Å². The smallest absolute Gasteiger partial charge is 0.166 e. The van der Waals surface area contributed by atoms with Gasteiger partial charge in [0.25, 0.3) is 0 Å². The normalized spacial score (nSPS) is 13.0. The van der Waals surface area contributed by atoms with Gasteiger partial charge in [0.05, 0.1) is 16.1 Å². The molecule has 2 aromatic rings. The number of fused-ring (bicyclic) bond motifs is 1. The Kier molecular flexibility index (Phi) is 3.16. The van der Waals surface area contributed by atoms with Crippen molar-refractivity contribution >= 4 is 22.4 Å². The highest BCUT2D eigenvalue weighted by Crippen LogP contribution is 2.47. The first-order valence-corrected chi connectivity index (χ1v) is 5.36. The maximum absolute atomic E-state index is 12.9. The second-order valence-corrected chi connectivity index (χ2v) is 4.23. The number of halogens is 7. The standard InChI is InChI=1S/C12H5ClF6/c13-8-5-6-3-1-2-4-7(6)9(11(14,15)16)10(8)12(17,18)19/h1-5H. The quantitative estimate of drug-likeness (QED) is 0.561. The van der Waals surface area contributed by atoms with Gasteiger partial charge in [-0.1, -0.05) is 35.9 Å². The summed E-state index contributed by atoms with van der Waals surface area (Å²) in [7, 11) is 0. The molecular formula is C12H5ClF6. The van der Waals surface area contributed by atoms with Crippen LogP contribution in [-0.4, -0.2) is 0 Å². The lowest BCUT2D eigenvalue weighted by Crippen LogP contribution is -2.17. The van der Waals surface area contributed by atoms with Crippen LogP contribution in [0.5, 0.6) is 0 Å². The SMILES string of the molecule is FC(F)(F)c1c(Cl)cc2ccccc2c1C(F)(F)F. The molecule has 0 spiro atoms. The van der Waals surface area contributed by atoms with E-state index < -0.39 is 33.9 Å². The molecule has 0 nitrogen and oxygen atoms in total. The number of hydrogen-bond acceptors (Lipinski definition) is 0. The van der Waals surface area contributed by atoms with E-state index in [1.807, 2.05) is 0 Å². The Bertz CT molecular complexity index is 626. The molecule has 0 radical (unpaired) electrons. The van der Waals surface area contributed by atoms with E-state index in [-0.39, 0.29) is 5.39 Å². The molecule has 0 aliphatic heterocycles. The summed E-state index contributed by atoms with van der Waals surface area (Å²) in [4.78, 5) is 0. The van der Waals surface area contributed by atoms with E-state index in [1.165, 1.54) is 18.2 Å². The lowest BCUT2D eigenvalue weighted by atomic mass is 9.98. The Hall–Kier alpha value is -1.43. The van der Waals surface area contributed by atoms with E-state index in [4.69, 9.17) is 11.6 Å². The fourth-order valence-corrected chi connectivity index (χ4v) is 2.20. The first kappa shape index (κ1) is 14.0. The van der Waals surface area contributed by atoms with Gasteiger partial charge in [-0.2, -0.15) is 26.3 Å². The van der Waals surface area contributed by atoms with Crippen molar-refractivity contribution in [2.75, 3.05) is 0 Å². The Labute approximate surface area is 108 Å². The van der Waals surface area contributed by atoms with E-state index >= 15 is 0 Å². The molecule has 0 N–H and O–H groups in total. The molecule has 0 atom stereocenters. The van der Waals surface area contributed by atoms with Gasteiger partial charge >= 0.3 is 12.4 Å². The van der Waals surface area contributed by atoms with Crippen molar-refractivity contribution in [2.24, 2.45) is 0 Å². The highest BCUT2D eigenvalue weighted by molar-refractivity contribution is 6.32. The zero-order valence-corrected chi connectivity index (χ0v) is 9.79. The monoisotopic (exact) mass is 298 g/mol. The molecule has 0 heterocycles. The first-order valence-electron chi connectivity index (χ1n) is 4.98. The summed E-state index contributed by atoms with van der Waals surface area (Å²) in [5.74, 6) is 0. The van der Waals surface area contributed by atoms with Gasteiger partial charge in [0, 0.05) is 0 Å². The van der Waals surface area contributed by atoms with Gasteiger partial charge in [-0.05, 0) is 16.8 Å². The molecular weight excluding hydrogens is 294 g/mol. The maximum atomic E-state index is 12.9. The third-order valence-electron chi connectivity index (χ3n) is 2.57. The largest absolute Gasteiger partial charge is 0.418 e. The third kappa shape index (κ3) is 2.49. The molecule has 0 fully saturated rings. The zero-order valence-electron chi connectivity index (χ0n) is 9.03. The fourth-order valence-electron chi connectivity index (χ4n) is 1.88. The second kappa shape index (κ2) is 4.30. The summed E-state index contributed by atoms with van der Waals surface area (Å²) >= 11 is 5.38. The van der Waals surface area contributed by atoms with E-state index in [2.05, 4.69) is 0 Å². The molecule has 2 aromatic carbocycles. The number of rotatable bonds is 0. The van der Waals surface area contributed by atoms with E-state index in [0.29, 0.717) is 0 Å². The Morgan fingerprint density at radius 3 is 1.84 bits per heavy atom. The van der Waals surface area contributed by atoms with Crippen molar-refractivity contribution in [1.29, 1.82) is 0 Å². The number of benzene rings is 2. The van der Waals surface area contributed by atoms with Crippen molar-refractivity contribution in [3.05, 3.63) is 46.5 Å². The molecule has 2 rings (SSSR count). The highest BCUT2D eigenvalue weighted by atomic mass is 35.5. The molecule has 0 aliphatic carbocycles. The minimum Gasteiger partial charge on any atom is -0.166 e. The Morgan fingerprint density at radius 1 is 0.789 bits per heavy atom. The van der Waals surface area contributed by atoms with Crippen LogP contribution >= 0.6 is 11.6 Å². The van der Waals surface area contributed by atoms with Crippen LogP contribution in [0.1, 0.15) is 11.1 Å². The van der Waals surface area contributed by atoms with Crippen molar-refractivity contribution < 1.29 is 26.3 Å². The predicted molar refractivity (Wildman–Crippen MR) is 59.0 cm³/mol. The molecule has 0 saturated carbocycles. The van der Waals surface area contributed by atoms with Gasteiger partial charge in [-0.3, -0.25) is 0 Å². The lowest BCUT2D eigenvalue weighted by Gasteiger charge is -2.19. The Balaban J connectivity index is 2.99. The summed E-state index contributed by atoms with van der Waals surface area (Å²) in [6, 6.07) is 5.81. The molecule has 0 aromatic heterocycles. The minimum absolute atomic E-state index is 0.00725. The summed E-state index contributed by atoms with van der Waals surface area (Å²) in [6.07, 6.45) is -10.3. The van der Waals surface area contributed by atoms with Gasteiger partial charge in [0.15, 0.2) is 0 Å². The summed E-state index contributed by atoms with van der Waals surface area (Å²) < 4.78 is 77.1. The van der Waals surface area contributed by atoms with Crippen LogP contribution in [0.3, 0.4) is 0 Å². The van der Waals surface area contributed by atoms with Crippen molar-refractivity contribution in [2.45, 2.75) is 12.4 Å². The third-order valence-corrected chi connectivity index (χ3v) is 2.87. The van der Waals surface area contributed by atoms with Gasteiger partial charge in [0.1, 0.15) is 0 Å². The van der Waals surface area contributed by atoms with Gasteiger partial charge < -0.3 is 0 Å². The summed E-state index contributed by atoms with van der Waals surface area (Å²) in [5.41, 5.74) is -3.59. The number of alkyl halides is 6. The van der Waals surface area contributed by atoms with Crippen LogP contribution in [0.25, 0.3) is 10.8 Å². The second-order valence-electron chi connectivity index (χ2n) is 3.83. The first-order chi connectivity index (χ1) is 8.62. The molecule has 102 valence electrons. The molecule has 0 bridgehead atoms. The molecule has 0 saturated heterocycles. The fraction of sp³-hybridized carbons (Fsp3) is 0.167. The molecule has 7 heteroatoms. The Morgan fingerprint density at radius 2 is 1.32 bits per heavy atom. The van der Waals surface area contributed by atoms with Crippen LogP contribution in [0, 0.1) is 0 Å². The van der Waals surface area contributed by atoms with Gasteiger partial charge in [-0.15, -0.1) is 0 Å². The highest BCUT2D eigenvalue weighted by Gasteiger charge is 2.46. The van der Waals surface area contributed by atoms with E-state index in [0.717, 1.165) is 12.1 Å².